The topological polar surface area (TPSA) is 111 Å². The van der Waals surface area contributed by atoms with Crippen molar-refractivity contribution in [3.8, 4) is 0 Å². The molecule has 0 spiro atoms. The van der Waals surface area contributed by atoms with Gasteiger partial charge in [-0.05, 0) is 82.5 Å². The number of ether oxygens (including phenoxy) is 3. The molecule has 9 heteroatoms. The Hall–Kier alpha value is -1.97. The Kier molecular flexibility index (Phi) is 10.1. The molecule has 2 heterocycles. The van der Waals surface area contributed by atoms with Crippen LogP contribution in [0.5, 0.6) is 0 Å². The molecule has 1 aliphatic heterocycles. The number of rotatable bonds is 10. The monoisotopic (exact) mass is 589 g/mol. The molecule has 0 aromatic carbocycles. The van der Waals surface area contributed by atoms with E-state index in [9.17, 15) is 19.5 Å². The first-order valence-corrected chi connectivity index (χ1v) is 16.7. The van der Waals surface area contributed by atoms with Crippen molar-refractivity contribution in [1.29, 1.82) is 0 Å². The van der Waals surface area contributed by atoms with Gasteiger partial charge in [0.25, 0.3) is 0 Å². The number of carbonyl (C=O) groups excluding carboxylic acids is 2. The summed E-state index contributed by atoms with van der Waals surface area (Å²) < 4.78 is 18.0. The van der Waals surface area contributed by atoms with E-state index in [0.29, 0.717) is 68.6 Å². The number of hydrogen-bond donors (Lipinski definition) is 2. The van der Waals surface area contributed by atoms with Crippen LogP contribution in [0.15, 0.2) is 5.38 Å². The smallest absolute Gasteiger partial charge is 0.348 e. The predicted octanol–water partition coefficient (Wildman–Crippen LogP) is 6.72. The number of esters is 1. The van der Waals surface area contributed by atoms with Crippen LogP contribution in [0.1, 0.15) is 117 Å². The van der Waals surface area contributed by atoms with Gasteiger partial charge in [0.05, 0.1) is 36.5 Å². The number of hydrogen-bond acceptors (Lipinski definition) is 8. The fourth-order valence-electron chi connectivity index (χ4n) is 7.06. The quantitative estimate of drug-likeness (QED) is 0.228. The van der Waals surface area contributed by atoms with Crippen LogP contribution in [0, 0.1) is 23.7 Å². The molecular weight excluding hydrogens is 542 g/mol. The molecule has 1 aromatic rings. The van der Waals surface area contributed by atoms with Crippen LogP contribution in [-0.4, -0.2) is 60.4 Å². The lowest BCUT2D eigenvalue weighted by Crippen LogP contribution is -2.47. The maximum Gasteiger partial charge on any atom is 0.348 e. The molecule has 41 heavy (non-hydrogen) atoms. The molecule has 1 aromatic heterocycles. The second kappa shape index (κ2) is 13.6. The predicted molar refractivity (Wildman–Crippen MR) is 158 cm³/mol. The third-order valence-corrected chi connectivity index (χ3v) is 11.0. The number of aromatic carboxylic acids is 1. The minimum absolute atomic E-state index is 0.0159. The van der Waals surface area contributed by atoms with Crippen molar-refractivity contribution in [3.05, 3.63) is 15.8 Å². The Bertz CT molecular complexity index is 1060. The van der Waals surface area contributed by atoms with Gasteiger partial charge < -0.3 is 24.6 Å². The van der Waals surface area contributed by atoms with Crippen LogP contribution in [0.3, 0.4) is 0 Å². The molecule has 2 N–H and O–H groups in total. The standard InChI is InChI=1S/C32H47NO7S/c1-20-3-7-22(8-4-20)28(34)26-18-41-29(30(35)36)27(26)33-24-11-14-32(15-12-24,19-39-25-13-16-38-17-25)40-31(37)23-9-5-21(2)6-10-23/h18,20-25,33H,3-17,19H2,1-2H3,(H,35,36). The fourth-order valence-corrected chi connectivity index (χ4v) is 7.91. The summed E-state index contributed by atoms with van der Waals surface area (Å²) in [7, 11) is 0. The summed E-state index contributed by atoms with van der Waals surface area (Å²) in [4.78, 5) is 39.1. The van der Waals surface area contributed by atoms with Crippen molar-refractivity contribution in [3.63, 3.8) is 0 Å². The van der Waals surface area contributed by atoms with E-state index >= 15 is 0 Å². The largest absolute Gasteiger partial charge is 0.477 e. The Labute approximate surface area is 247 Å². The van der Waals surface area contributed by atoms with Gasteiger partial charge in [0.2, 0.25) is 0 Å². The minimum atomic E-state index is -1.01. The van der Waals surface area contributed by atoms with Crippen LogP contribution >= 0.6 is 11.3 Å². The maximum atomic E-state index is 13.5. The van der Waals surface area contributed by atoms with Crippen LogP contribution in [-0.2, 0) is 19.0 Å². The number of carboxylic acids is 1. The Morgan fingerprint density at radius 2 is 1.59 bits per heavy atom. The van der Waals surface area contributed by atoms with Gasteiger partial charge >= 0.3 is 11.9 Å². The Morgan fingerprint density at radius 3 is 2.17 bits per heavy atom. The molecule has 0 amide bonds. The summed E-state index contributed by atoms with van der Waals surface area (Å²) in [5.41, 5.74) is 0.297. The van der Waals surface area contributed by atoms with Gasteiger partial charge in [-0.3, -0.25) is 9.59 Å². The highest BCUT2D eigenvalue weighted by atomic mass is 32.1. The van der Waals surface area contributed by atoms with Crippen LogP contribution in [0.25, 0.3) is 0 Å². The van der Waals surface area contributed by atoms with E-state index in [1.165, 1.54) is 0 Å². The van der Waals surface area contributed by atoms with Gasteiger partial charge in [-0.1, -0.05) is 26.7 Å². The van der Waals surface area contributed by atoms with Gasteiger partial charge in [-0.2, -0.15) is 0 Å². The van der Waals surface area contributed by atoms with E-state index < -0.39 is 11.6 Å². The minimum Gasteiger partial charge on any atom is -0.477 e. The molecule has 4 fully saturated rings. The molecule has 4 aliphatic rings. The maximum absolute atomic E-state index is 13.5. The Balaban J connectivity index is 1.26. The normalized spacial score (nSPS) is 34.2. The number of ketones is 1. The highest BCUT2D eigenvalue weighted by Gasteiger charge is 2.42. The van der Waals surface area contributed by atoms with Gasteiger partial charge in [-0.25, -0.2) is 4.79 Å². The molecule has 3 saturated carbocycles. The SMILES string of the molecule is CC1CCC(C(=O)OC2(COC3CCOC3)CCC(Nc3c(C(=O)C4CCC(C)CC4)csc3C(=O)O)CC2)CC1. The molecule has 8 nitrogen and oxygen atoms in total. The number of carbonyl (C=O) groups is 3. The molecule has 0 bridgehead atoms. The molecule has 1 saturated heterocycles. The highest BCUT2D eigenvalue weighted by Crippen LogP contribution is 2.40. The number of carboxylic acid groups (broad SMARTS) is 1. The first-order valence-electron chi connectivity index (χ1n) is 15.8. The molecular formula is C32H47NO7S. The highest BCUT2D eigenvalue weighted by molar-refractivity contribution is 7.13. The summed E-state index contributed by atoms with van der Waals surface area (Å²) in [5.74, 6) is 0.159. The van der Waals surface area contributed by atoms with Crippen molar-refractivity contribution in [1.82, 2.24) is 0 Å². The van der Waals surface area contributed by atoms with Crippen molar-refractivity contribution < 1.29 is 33.7 Å². The first kappa shape index (κ1) is 30.5. The average Bonchev–Trinajstić information content (AvgIpc) is 3.64. The van der Waals surface area contributed by atoms with Gasteiger partial charge in [0.15, 0.2) is 5.78 Å². The van der Waals surface area contributed by atoms with Gasteiger partial charge in [0, 0.05) is 23.9 Å². The summed E-state index contributed by atoms with van der Waals surface area (Å²) in [6.07, 6.45) is 11.2. The van der Waals surface area contributed by atoms with Crippen molar-refractivity contribution in [2.45, 2.75) is 115 Å². The Morgan fingerprint density at radius 1 is 0.951 bits per heavy atom. The summed E-state index contributed by atoms with van der Waals surface area (Å²) in [6, 6.07) is -0.0159. The first-order chi connectivity index (χ1) is 19.7. The molecule has 3 aliphatic carbocycles. The van der Waals surface area contributed by atoms with E-state index in [1.54, 1.807) is 5.38 Å². The number of nitrogens with one attached hydrogen (secondary N) is 1. The van der Waals surface area contributed by atoms with Crippen molar-refractivity contribution >= 4 is 34.7 Å². The third kappa shape index (κ3) is 7.52. The summed E-state index contributed by atoms with van der Waals surface area (Å²) in [6.45, 7) is 6.08. The molecule has 228 valence electrons. The van der Waals surface area contributed by atoms with Gasteiger partial charge in [0.1, 0.15) is 10.5 Å². The second-order valence-electron chi connectivity index (χ2n) is 13.3. The van der Waals surface area contributed by atoms with Crippen molar-refractivity contribution in [2.75, 3.05) is 25.1 Å². The summed E-state index contributed by atoms with van der Waals surface area (Å²) >= 11 is 1.13. The molecule has 5 rings (SSSR count). The van der Waals surface area contributed by atoms with Gasteiger partial charge in [-0.15, -0.1) is 11.3 Å². The van der Waals surface area contributed by atoms with Crippen LogP contribution in [0.4, 0.5) is 5.69 Å². The summed E-state index contributed by atoms with van der Waals surface area (Å²) in [5, 5.41) is 15.1. The van der Waals surface area contributed by atoms with E-state index in [0.717, 1.165) is 69.1 Å². The zero-order valence-corrected chi connectivity index (χ0v) is 25.5. The number of thiophene rings is 1. The van der Waals surface area contributed by atoms with Crippen molar-refractivity contribution in [2.24, 2.45) is 23.7 Å². The van der Waals surface area contributed by atoms with Crippen LogP contribution in [0.2, 0.25) is 0 Å². The zero-order valence-electron chi connectivity index (χ0n) is 24.7. The van der Waals surface area contributed by atoms with Crippen LogP contribution < -0.4 is 5.32 Å². The fraction of sp³-hybridized carbons (Fsp3) is 0.781. The number of Topliss-reactive ketones (excluding diaryl/α,β-unsaturated/α-hetero) is 1. The molecule has 1 atom stereocenters. The molecule has 1 unspecified atom stereocenters. The van der Waals surface area contributed by atoms with E-state index in [1.807, 2.05) is 0 Å². The lowest BCUT2D eigenvalue weighted by atomic mass is 9.79. The second-order valence-corrected chi connectivity index (χ2v) is 14.1. The molecule has 0 radical (unpaired) electrons. The average molecular weight is 590 g/mol. The lowest BCUT2D eigenvalue weighted by Gasteiger charge is -2.41. The lowest BCUT2D eigenvalue weighted by molar-refractivity contribution is -0.181. The number of anilines is 1. The third-order valence-electron chi connectivity index (χ3n) is 10.0. The zero-order chi connectivity index (χ0) is 29.0. The van der Waals surface area contributed by atoms with E-state index in [-0.39, 0.29) is 40.6 Å². The van der Waals surface area contributed by atoms with E-state index in [2.05, 4.69) is 19.2 Å². The van der Waals surface area contributed by atoms with E-state index in [4.69, 9.17) is 14.2 Å².